The van der Waals surface area contributed by atoms with Crippen molar-refractivity contribution in [2.75, 3.05) is 0 Å². The van der Waals surface area contributed by atoms with Crippen molar-refractivity contribution in [1.82, 2.24) is 9.78 Å². The summed E-state index contributed by atoms with van der Waals surface area (Å²) in [5.74, 6) is 0. The van der Waals surface area contributed by atoms with E-state index in [0.29, 0.717) is 6.42 Å². The molecule has 0 aliphatic carbocycles. The molecule has 1 heterocycles. The van der Waals surface area contributed by atoms with Crippen molar-refractivity contribution in [3.05, 3.63) is 50.9 Å². The van der Waals surface area contributed by atoms with Gasteiger partial charge in [0.15, 0.2) is 0 Å². The van der Waals surface area contributed by atoms with E-state index < -0.39 is 6.10 Å². The first-order chi connectivity index (χ1) is 9.27. The average molecular weight is 384 g/mol. The molecule has 1 atom stereocenters. The van der Waals surface area contributed by atoms with Crippen LogP contribution in [0.2, 0.25) is 0 Å². The molecule has 4 heteroatoms. The summed E-state index contributed by atoms with van der Waals surface area (Å²) in [7, 11) is 1.90. The molecule has 0 spiro atoms. The Morgan fingerprint density at radius 3 is 2.40 bits per heavy atom. The number of nitrogens with zero attached hydrogens (tertiary/aromatic N) is 2. The van der Waals surface area contributed by atoms with Gasteiger partial charge in [-0.25, -0.2) is 0 Å². The Labute approximate surface area is 134 Å². The van der Waals surface area contributed by atoms with Crippen molar-refractivity contribution in [3.63, 3.8) is 0 Å². The van der Waals surface area contributed by atoms with Gasteiger partial charge in [0.2, 0.25) is 0 Å². The predicted molar refractivity (Wildman–Crippen MR) is 89.7 cm³/mol. The summed E-state index contributed by atoms with van der Waals surface area (Å²) in [5, 5.41) is 15.1. The first-order valence-corrected chi connectivity index (χ1v) is 7.82. The summed E-state index contributed by atoms with van der Waals surface area (Å²) < 4.78 is 2.99. The number of benzene rings is 1. The number of halogens is 1. The summed E-state index contributed by atoms with van der Waals surface area (Å²) in [5.41, 5.74) is 2.97. The molecule has 0 amide bonds. The van der Waals surface area contributed by atoms with Gasteiger partial charge in [-0.15, -0.1) is 0 Å². The molecule has 0 aliphatic heterocycles. The van der Waals surface area contributed by atoms with E-state index in [4.69, 9.17) is 0 Å². The number of aliphatic hydroxyl groups excluding tert-OH is 1. The maximum Gasteiger partial charge on any atom is 0.0863 e. The van der Waals surface area contributed by atoms with Gasteiger partial charge >= 0.3 is 0 Å². The molecule has 0 aliphatic rings. The van der Waals surface area contributed by atoms with E-state index >= 15 is 0 Å². The second-order valence-corrected chi connectivity index (χ2v) is 7.45. The first-order valence-electron chi connectivity index (χ1n) is 6.74. The number of hydrogen-bond acceptors (Lipinski definition) is 2. The highest BCUT2D eigenvalue weighted by molar-refractivity contribution is 14.1. The van der Waals surface area contributed by atoms with Crippen LogP contribution in [0.25, 0.3) is 0 Å². The van der Waals surface area contributed by atoms with Crippen LogP contribution in [0.15, 0.2) is 30.5 Å². The molecule has 1 unspecified atom stereocenters. The van der Waals surface area contributed by atoms with E-state index in [-0.39, 0.29) is 5.41 Å². The topological polar surface area (TPSA) is 38.0 Å². The predicted octanol–water partition coefficient (Wildman–Crippen LogP) is 3.60. The molecule has 1 aromatic heterocycles. The lowest BCUT2D eigenvalue weighted by molar-refractivity contribution is 0.176. The van der Waals surface area contributed by atoms with Crippen molar-refractivity contribution >= 4 is 22.6 Å². The minimum absolute atomic E-state index is 0.0658. The van der Waals surface area contributed by atoms with Gasteiger partial charge in [0.05, 0.1) is 11.8 Å². The largest absolute Gasteiger partial charge is 0.388 e. The highest BCUT2D eigenvalue weighted by Gasteiger charge is 2.25. The molecular weight excluding hydrogens is 363 g/mol. The Kier molecular flexibility index (Phi) is 4.54. The fourth-order valence-electron chi connectivity index (χ4n) is 2.29. The summed E-state index contributed by atoms with van der Waals surface area (Å²) in [6.07, 6.45) is 2.03. The van der Waals surface area contributed by atoms with Gasteiger partial charge in [0.1, 0.15) is 0 Å². The van der Waals surface area contributed by atoms with Gasteiger partial charge in [0, 0.05) is 34.2 Å². The third kappa shape index (κ3) is 3.61. The molecule has 20 heavy (non-hydrogen) atoms. The Morgan fingerprint density at radius 2 is 1.85 bits per heavy atom. The Hall–Kier alpha value is -0.880. The van der Waals surface area contributed by atoms with Crippen LogP contribution in [0.3, 0.4) is 0 Å². The van der Waals surface area contributed by atoms with E-state index in [1.54, 1.807) is 4.68 Å². The van der Waals surface area contributed by atoms with Gasteiger partial charge in [-0.2, -0.15) is 5.10 Å². The zero-order valence-electron chi connectivity index (χ0n) is 12.4. The van der Waals surface area contributed by atoms with Crippen LogP contribution in [0.5, 0.6) is 0 Å². The molecule has 0 saturated heterocycles. The van der Waals surface area contributed by atoms with Crippen molar-refractivity contribution < 1.29 is 5.11 Å². The lowest BCUT2D eigenvalue weighted by Crippen LogP contribution is -2.17. The minimum Gasteiger partial charge on any atom is -0.388 e. The van der Waals surface area contributed by atoms with Gasteiger partial charge < -0.3 is 5.11 Å². The number of rotatable bonds is 3. The zero-order valence-corrected chi connectivity index (χ0v) is 14.5. The van der Waals surface area contributed by atoms with Gasteiger partial charge in [-0.1, -0.05) is 32.9 Å². The highest BCUT2D eigenvalue weighted by atomic mass is 127. The van der Waals surface area contributed by atoms with Crippen LogP contribution < -0.4 is 0 Å². The molecule has 1 aromatic carbocycles. The number of hydrogen-bond donors (Lipinski definition) is 1. The SMILES string of the molecule is Cn1cc(C(O)Cc2ccc(I)cc2)c(C(C)(C)C)n1. The van der Waals surface area contributed by atoms with Crippen LogP contribution in [-0.2, 0) is 18.9 Å². The molecule has 1 N–H and O–H groups in total. The van der Waals surface area contributed by atoms with Crippen LogP contribution in [0.1, 0.15) is 43.7 Å². The van der Waals surface area contributed by atoms with Crippen LogP contribution in [0.4, 0.5) is 0 Å². The third-order valence-corrected chi connectivity index (χ3v) is 3.99. The lowest BCUT2D eigenvalue weighted by Gasteiger charge is -2.20. The quantitative estimate of drug-likeness (QED) is 0.822. The maximum absolute atomic E-state index is 10.5. The molecule has 3 nitrogen and oxygen atoms in total. The van der Waals surface area contributed by atoms with E-state index in [9.17, 15) is 5.11 Å². The van der Waals surface area contributed by atoms with Gasteiger partial charge in [0.25, 0.3) is 0 Å². The molecule has 2 rings (SSSR count). The van der Waals surface area contributed by atoms with E-state index in [0.717, 1.165) is 16.8 Å². The number of aromatic nitrogens is 2. The molecule has 0 radical (unpaired) electrons. The first kappa shape index (κ1) is 15.5. The minimum atomic E-state index is -0.516. The second-order valence-electron chi connectivity index (χ2n) is 6.20. The summed E-state index contributed by atoms with van der Waals surface area (Å²) in [6, 6.07) is 8.27. The summed E-state index contributed by atoms with van der Waals surface area (Å²) >= 11 is 2.29. The standard InChI is InChI=1S/C16H21IN2O/c1-16(2,3)15-13(10-19(4)18-15)14(20)9-11-5-7-12(17)8-6-11/h5-8,10,14,20H,9H2,1-4H3. The van der Waals surface area contributed by atoms with E-state index in [1.165, 1.54) is 3.57 Å². The second kappa shape index (κ2) is 5.85. The number of aryl methyl sites for hydroxylation is 1. The summed E-state index contributed by atoms with van der Waals surface area (Å²) in [6.45, 7) is 6.36. The fourth-order valence-corrected chi connectivity index (χ4v) is 2.65. The molecule has 0 fully saturated rings. The molecule has 2 aromatic rings. The van der Waals surface area contributed by atoms with Crippen molar-refractivity contribution in [3.8, 4) is 0 Å². The molecule has 108 valence electrons. The Morgan fingerprint density at radius 1 is 1.25 bits per heavy atom. The van der Waals surface area contributed by atoms with Crippen LogP contribution in [-0.4, -0.2) is 14.9 Å². The van der Waals surface area contributed by atoms with Crippen molar-refractivity contribution in [2.45, 2.75) is 38.7 Å². The fraction of sp³-hybridized carbons (Fsp3) is 0.438. The Bertz CT molecular complexity index is 582. The van der Waals surface area contributed by atoms with E-state index in [1.807, 2.05) is 13.2 Å². The van der Waals surface area contributed by atoms with E-state index in [2.05, 4.69) is 72.7 Å². The monoisotopic (exact) mass is 384 g/mol. The lowest BCUT2D eigenvalue weighted by atomic mass is 9.87. The summed E-state index contributed by atoms with van der Waals surface area (Å²) in [4.78, 5) is 0. The highest BCUT2D eigenvalue weighted by Crippen LogP contribution is 2.30. The smallest absolute Gasteiger partial charge is 0.0863 e. The van der Waals surface area contributed by atoms with Crippen molar-refractivity contribution in [2.24, 2.45) is 7.05 Å². The van der Waals surface area contributed by atoms with Gasteiger partial charge in [-0.05, 0) is 40.3 Å². The third-order valence-electron chi connectivity index (χ3n) is 3.27. The molecule has 0 saturated carbocycles. The molecule has 0 bridgehead atoms. The van der Waals surface area contributed by atoms with Crippen LogP contribution in [0, 0.1) is 3.57 Å². The zero-order chi connectivity index (χ0) is 14.9. The van der Waals surface area contributed by atoms with Crippen LogP contribution >= 0.6 is 22.6 Å². The normalized spacial score (nSPS) is 13.5. The Balaban J connectivity index is 2.25. The number of aliphatic hydroxyl groups is 1. The van der Waals surface area contributed by atoms with Gasteiger partial charge in [-0.3, -0.25) is 4.68 Å². The molecular formula is C16H21IN2O. The maximum atomic E-state index is 10.5. The van der Waals surface area contributed by atoms with Crippen molar-refractivity contribution in [1.29, 1.82) is 0 Å². The average Bonchev–Trinajstić information content (AvgIpc) is 2.74.